The van der Waals surface area contributed by atoms with Crippen LogP contribution in [0.4, 0.5) is 5.69 Å². The Labute approximate surface area is 184 Å². The molecule has 0 radical (unpaired) electrons. The highest BCUT2D eigenvalue weighted by Gasteiger charge is 2.20. The number of nitrogens with one attached hydrogen (secondary N) is 2. The van der Waals surface area contributed by atoms with E-state index < -0.39 is 0 Å². The molecule has 0 saturated carbocycles. The van der Waals surface area contributed by atoms with Gasteiger partial charge in [-0.2, -0.15) is 0 Å². The fourth-order valence-electron chi connectivity index (χ4n) is 4.24. The van der Waals surface area contributed by atoms with E-state index in [2.05, 4.69) is 35.0 Å². The number of likely N-dealkylation sites (tertiary alicyclic amines) is 1. The Kier molecular flexibility index (Phi) is 6.23. The van der Waals surface area contributed by atoms with Crippen molar-refractivity contribution < 1.29 is 0 Å². The van der Waals surface area contributed by atoms with Crippen LogP contribution in [0.3, 0.4) is 0 Å². The van der Waals surface area contributed by atoms with E-state index in [1.54, 1.807) is 18.5 Å². The summed E-state index contributed by atoms with van der Waals surface area (Å²) in [5.41, 5.74) is 11.9. The number of rotatable bonds is 7. The summed E-state index contributed by atoms with van der Waals surface area (Å²) in [5.74, 6) is 0. The van der Waals surface area contributed by atoms with Crippen molar-refractivity contribution in [2.75, 3.05) is 12.3 Å². The second kappa shape index (κ2) is 9.23. The molecule has 2 heterocycles. The number of hydrogen-bond donors (Lipinski definition) is 3. The largest absolute Gasteiger partial charge is 0.398 e. The molecule has 4 rings (SSSR count). The van der Waals surface area contributed by atoms with E-state index in [9.17, 15) is 0 Å². The fraction of sp³-hybridized carbons (Fsp3) is 0.269. The number of anilines is 1. The fourth-order valence-corrected chi connectivity index (χ4v) is 4.24. The first kappa shape index (κ1) is 20.9. The smallest absolute Gasteiger partial charge is 0.0844 e. The van der Waals surface area contributed by atoms with Crippen LogP contribution in [0.5, 0.6) is 0 Å². The summed E-state index contributed by atoms with van der Waals surface area (Å²) in [6, 6.07) is 18.5. The Hall–Kier alpha value is -3.31. The van der Waals surface area contributed by atoms with Gasteiger partial charge < -0.3 is 11.1 Å². The number of pyridine rings is 1. The summed E-state index contributed by atoms with van der Waals surface area (Å²) in [5, 5.41) is 17.2. The zero-order chi connectivity index (χ0) is 21.8. The molecule has 3 aromatic rings. The summed E-state index contributed by atoms with van der Waals surface area (Å²) < 4.78 is 0. The van der Waals surface area contributed by atoms with Crippen molar-refractivity contribution in [2.45, 2.75) is 38.8 Å². The van der Waals surface area contributed by atoms with Crippen LogP contribution in [-0.2, 0) is 13.0 Å². The Bertz CT molecular complexity index is 1090. The quantitative estimate of drug-likeness (QED) is 0.380. The molecular weight excluding hydrogens is 382 g/mol. The van der Waals surface area contributed by atoms with Gasteiger partial charge in [-0.05, 0) is 61.2 Å². The SMILES string of the molecule is CC1CCCN1Cc1cccc(CC(=N)C(=N)c2cc(-c3cccnc3)ccc2N)c1. The van der Waals surface area contributed by atoms with Gasteiger partial charge in [-0.3, -0.25) is 15.3 Å². The Balaban J connectivity index is 1.49. The van der Waals surface area contributed by atoms with Crippen LogP contribution in [0.1, 0.15) is 36.5 Å². The van der Waals surface area contributed by atoms with Crippen molar-refractivity contribution in [2.24, 2.45) is 0 Å². The summed E-state index contributed by atoms with van der Waals surface area (Å²) in [6.45, 7) is 4.39. The van der Waals surface area contributed by atoms with E-state index in [-0.39, 0.29) is 11.4 Å². The zero-order valence-electron chi connectivity index (χ0n) is 17.9. The van der Waals surface area contributed by atoms with Gasteiger partial charge in [0.1, 0.15) is 0 Å². The Morgan fingerprint density at radius 3 is 2.65 bits per heavy atom. The molecule has 1 saturated heterocycles. The maximum absolute atomic E-state index is 8.62. The molecule has 0 bridgehead atoms. The van der Waals surface area contributed by atoms with Crippen molar-refractivity contribution in [3.8, 4) is 11.1 Å². The lowest BCUT2D eigenvalue weighted by atomic mass is 9.95. The number of benzene rings is 2. The third-order valence-corrected chi connectivity index (χ3v) is 6.07. The first-order chi connectivity index (χ1) is 15.0. The molecule has 1 aromatic heterocycles. The normalized spacial score (nSPS) is 16.4. The second-order valence-electron chi connectivity index (χ2n) is 8.36. The summed E-state index contributed by atoms with van der Waals surface area (Å²) in [4.78, 5) is 6.68. The maximum Gasteiger partial charge on any atom is 0.0844 e. The minimum absolute atomic E-state index is 0.168. The number of hydrogen-bond acceptors (Lipinski definition) is 5. The van der Waals surface area contributed by atoms with Gasteiger partial charge in [-0.25, -0.2) is 0 Å². The molecule has 5 nitrogen and oxygen atoms in total. The maximum atomic E-state index is 8.62. The Morgan fingerprint density at radius 2 is 1.90 bits per heavy atom. The van der Waals surface area contributed by atoms with Gasteiger partial charge in [0.2, 0.25) is 0 Å². The number of aromatic nitrogens is 1. The summed E-state index contributed by atoms with van der Waals surface area (Å²) in [7, 11) is 0. The molecule has 1 unspecified atom stereocenters. The minimum Gasteiger partial charge on any atom is -0.398 e. The molecule has 1 aliphatic heterocycles. The van der Waals surface area contributed by atoms with Crippen molar-refractivity contribution in [1.82, 2.24) is 9.88 Å². The molecule has 2 aromatic carbocycles. The molecule has 4 N–H and O–H groups in total. The molecule has 1 aliphatic rings. The van der Waals surface area contributed by atoms with E-state index in [0.717, 1.165) is 29.8 Å². The lowest BCUT2D eigenvalue weighted by Gasteiger charge is -2.21. The van der Waals surface area contributed by atoms with Gasteiger partial charge in [0, 0.05) is 48.2 Å². The third kappa shape index (κ3) is 4.89. The number of nitrogen functional groups attached to an aromatic ring is 1. The van der Waals surface area contributed by atoms with E-state index in [1.165, 1.54) is 18.4 Å². The van der Waals surface area contributed by atoms with Crippen LogP contribution < -0.4 is 5.73 Å². The van der Waals surface area contributed by atoms with E-state index in [1.807, 2.05) is 30.3 Å². The van der Waals surface area contributed by atoms with Gasteiger partial charge in [-0.15, -0.1) is 0 Å². The second-order valence-corrected chi connectivity index (χ2v) is 8.36. The first-order valence-electron chi connectivity index (χ1n) is 10.8. The molecule has 158 valence electrons. The first-order valence-corrected chi connectivity index (χ1v) is 10.8. The standard InChI is InChI=1S/C26H29N5/c1-18-5-4-12-31(18)17-20-7-2-6-19(13-20)14-25(28)26(29)23-15-21(9-10-24(23)27)22-8-3-11-30-16-22/h2-3,6-11,13,15-16,18,28-29H,4-5,12,14,17,27H2,1H3. The molecule has 0 amide bonds. The van der Waals surface area contributed by atoms with Crippen LogP contribution in [0, 0.1) is 10.8 Å². The molecule has 1 atom stereocenters. The Morgan fingerprint density at radius 1 is 1.06 bits per heavy atom. The predicted octanol–water partition coefficient (Wildman–Crippen LogP) is 4.95. The van der Waals surface area contributed by atoms with Gasteiger partial charge in [0.15, 0.2) is 0 Å². The molecule has 31 heavy (non-hydrogen) atoms. The monoisotopic (exact) mass is 411 g/mol. The van der Waals surface area contributed by atoms with Crippen LogP contribution in [-0.4, -0.2) is 33.9 Å². The molecule has 5 heteroatoms. The topological polar surface area (TPSA) is 89.9 Å². The van der Waals surface area contributed by atoms with Gasteiger partial charge in [0.25, 0.3) is 0 Å². The lowest BCUT2D eigenvalue weighted by molar-refractivity contribution is 0.260. The van der Waals surface area contributed by atoms with E-state index >= 15 is 0 Å². The van der Waals surface area contributed by atoms with Gasteiger partial charge in [-0.1, -0.05) is 36.4 Å². The minimum atomic E-state index is 0.168. The van der Waals surface area contributed by atoms with Crippen molar-refractivity contribution in [1.29, 1.82) is 10.8 Å². The van der Waals surface area contributed by atoms with Crippen LogP contribution >= 0.6 is 0 Å². The van der Waals surface area contributed by atoms with E-state index in [0.29, 0.717) is 23.7 Å². The summed E-state index contributed by atoms with van der Waals surface area (Å²) >= 11 is 0. The lowest BCUT2D eigenvalue weighted by Crippen LogP contribution is -2.26. The number of nitrogens with two attached hydrogens (primary N) is 1. The third-order valence-electron chi connectivity index (χ3n) is 6.07. The zero-order valence-corrected chi connectivity index (χ0v) is 17.9. The van der Waals surface area contributed by atoms with Crippen molar-refractivity contribution in [3.63, 3.8) is 0 Å². The van der Waals surface area contributed by atoms with Crippen LogP contribution in [0.25, 0.3) is 11.1 Å². The van der Waals surface area contributed by atoms with Gasteiger partial charge >= 0.3 is 0 Å². The summed E-state index contributed by atoms with van der Waals surface area (Å²) in [6.07, 6.45) is 6.47. The van der Waals surface area contributed by atoms with Crippen molar-refractivity contribution in [3.05, 3.63) is 83.7 Å². The van der Waals surface area contributed by atoms with Crippen LogP contribution in [0.2, 0.25) is 0 Å². The highest BCUT2D eigenvalue weighted by atomic mass is 15.2. The molecule has 0 aliphatic carbocycles. The highest BCUT2D eigenvalue weighted by molar-refractivity contribution is 6.47. The van der Waals surface area contributed by atoms with Gasteiger partial charge in [0.05, 0.1) is 11.4 Å². The molecular formula is C26H29N5. The number of nitrogens with zero attached hydrogens (tertiary/aromatic N) is 2. The predicted molar refractivity (Wildman–Crippen MR) is 128 cm³/mol. The highest BCUT2D eigenvalue weighted by Crippen LogP contribution is 2.24. The molecule has 1 fully saturated rings. The van der Waals surface area contributed by atoms with Crippen LogP contribution in [0.15, 0.2) is 67.0 Å². The van der Waals surface area contributed by atoms with Crippen molar-refractivity contribution >= 4 is 17.1 Å². The average Bonchev–Trinajstić information content (AvgIpc) is 3.18. The average molecular weight is 412 g/mol. The molecule has 0 spiro atoms. The van der Waals surface area contributed by atoms with E-state index in [4.69, 9.17) is 16.6 Å².